The average Bonchev–Trinajstić information content (AvgIpc) is 2.49. The van der Waals surface area contributed by atoms with Crippen molar-refractivity contribution in [2.24, 2.45) is 5.92 Å². The van der Waals surface area contributed by atoms with Crippen molar-refractivity contribution in [1.82, 2.24) is 5.32 Å². The second-order valence-corrected chi connectivity index (χ2v) is 7.21. The van der Waals surface area contributed by atoms with Gasteiger partial charge in [0.1, 0.15) is 30.1 Å². The Morgan fingerprint density at radius 3 is 2.20 bits per heavy atom. The summed E-state index contributed by atoms with van der Waals surface area (Å²) in [4.78, 5) is 23.8. The van der Waals surface area contributed by atoms with Crippen LogP contribution in [0, 0.1) is 5.92 Å². The van der Waals surface area contributed by atoms with Gasteiger partial charge in [0.05, 0.1) is 0 Å². The summed E-state index contributed by atoms with van der Waals surface area (Å²) < 4.78 is 16.3. The van der Waals surface area contributed by atoms with E-state index >= 15 is 0 Å². The van der Waals surface area contributed by atoms with Crippen LogP contribution in [0.5, 0.6) is 5.75 Å². The third-order valence-corrected chi connectivity index (χ3v) is 3.25. The Morgan fingerprint density at radius 2 is 1.68 bits per heavy atom. The Balaban J connectivity index is 2.50. The van der Waals surface area contributed by atoms with Crippen LogP contribution >= 0.6 is 0 Å². The number of rotatable bonds is 7. The highest BCUT2D eigenvalue weighted by molar-refractivity contribution is 5.81. The number of para-hydroxylation sites is 1. The molecule has 2 unspecified atom stereocenters. The van der Waals surface area contributed by atoms with Crippen LogP contribution in [-0.4, -0.2) is 36.4 Å². The molecule has 25 heavy (non-hydrogen) atoms. The maximum absolute atomic E-state index is 12.1. The molecular formula is C19H29NO5. The van der Waals surface area contributed by atoms with Crippen molar-refractivity contribution in [3.8, 4) is 5.75 Å². The van der Waals surface area contributed by atoms with Gasteiger partial charge in [-0.25, -0.2) is 9.59 Å². The van der Waals surface area contributed by atoms with Crippen LogP contribution in [-0.2, 0) is 14.3 Å². The van der Waals surface area contributed by atoms with E-state index in [1.54, 1.807) is 27.7 Å². The molecule has 0 radical (unpaired) electrons. The maximum atomic E-state index is 12.1. The SMILES string of the molecule is CC(NC(=O)OC(C)(C)C)C(=O)OCC(Oc1ccccc1)C(C)C. The number of amides is 1. The van der Waals surface area contributed by atoms with Crippen molar-refractivity contribution in [3.63, 3.8) is 0 Å². The van der Waals surface area contributed by atoms with Crippen molar-refractivity contribution in [1.29, 1.82) is 0 Å². The van der Waals surface area contributed by atoms with E-state index in [0.717, 1.165) is 5.75 Å². The van der Waals surface area contributed by atoms with Gasteiger partial charge in [0.15, 0.2) is 0 Å². The quantitative estimate of drug-likeness (QED) is 0.761. The first-order valence-electron chi connectivity index (χ1n) is 8.46. The summed E-state index contributed by atoms with van der Waals surface area (Å²) in [6.45, 7) is 10.9. The average molecular weight is 351 g/mol. The van der Waals surface area contributed by atoms with E-state index in [2.05, 4.69) is 5.32 Å². The van der Waals surface area contributed by atoms with E-state index in [1.807, 2.05) is 44.2 Å². The molecule has 0 spiro atoms. The molecule has 1 N–H and O–H groups in total. The number of ether oxygens (including phenoxy) is 3. The maximum Gasteiger partial charge on any atom is 0.408 e. The minimum absolute atomic E-state index is 0.103. The van der Waals surface area contributed by atoms with Crippen molar-refractivity contribution in [2.45, 2.75) is 59.3 Å². The van der Waals surface area contributed by atoms with E-state index in [4.69, 9.17) is 14.2 Å². The number of carbonyl (C=O) groups is 2. The highest BCUT2D eigenvalue weighted by atomic mass is 16.6. The molecule has 0 aromatic heterocycles. The van der Waals surface area contributed by atoms with Gasteiger partial charge in [-0.1, -0.05) is 32.0 Å². The summed E-state index contributed by atoms with van der Waals surface area (Å²) in [5.41, 5.74) is -0.625. The normalized spacial score (nSPS) is 13.7. The van der Waals surface area contributed by atoms with Gasteiger partial charge in [0.25, 0.3) is 0 Å². The van der Waals surface area contributed by atoms with E-state index in [1.165, 1.54) is 0 Å². The van der Waals surface area contributed by atoms with Gasteiger partial charge >= 0.3 is 12.1 Å². The molecular weight excluding hydrogens is 322 g/mol. The van der Waals surface area contributed by atoms with E-state index in [-0.39, 0.29) is 18.6 Å². The summed E-state index contributed by atoms with van der Waals surface area (Å²) in [6, 6.07) is 8.56. The molecule has 1 rings (SSSR count). The third kappa shape index (κ3) is 8.42. The fourth-order valence-electron chi connectivity index (χ4n) is 1.87. The van der Waals surface area contributed by atoms with Crippen LogP contribution in [0.1, 0.15) is 41.5 Å². The van der Waals surface area contributed by atoms with Gasteiger partial charge in [0, 0.05) is 0 Å². The molecule has 2 atom stereocenters. The molecule has 0 fully saturated rings. The van der Waals surface area contributed by atoms with Gasteiger partial charge in [-0.2, -0.15) is 0 Å². The minimum atomic E-state index is -0.806. The molecule has 6 heteroatoms. The molecule has 1 amide bonds. The molecule has 1 aromatic rings. The van der Waals surface area contributed by atoms with E-state index < -0.39 is 23.7 Å². The van der Waals surface area contributed by atoms with E-state index in [0.29, 0.717) is 0 Å². The van der Waals surface area contributed by atoms with Gasteiger partial charge in [-0.15, -0.1) is 0 Å². The summed E-state index contributed by atoms with van der Waals surface area (Å²) >= 11 is 0. The topological polar surface area (TPSA) is 73.9 Å². The number of hydrogen-bond acceptors (Lipinski definition) is 5. The predicted octanol–water partition coefficient (Wildman–Crippen LogP) is 3.55. The van der Waals surface area contributed by atoms with Crippen LogP contribution in [0.15, 0.2) is 30.3 Å². The molecule has 0 aliphatic carbocycles. The second-order valence-electron chi connectivity index (χ2n) is 7.21. The lowest BCUT2D eigenvalue weighted by Crippen LogP contribution is -2.43. The summed E-state index contributed by atoms with van der Waals surface area (Å²) in [6.07, 6.45) is -0.932. The van der Waals surface area contributed by atoms with Crippen molar-refractivity contribution < 1.29 is 23.8 Å². The number of alkyl carbamates (subject to hydrolysis) is 1. The van der Waals surface area contributed by atoms with Crippen LogP contribution < -0.4 is 10.1 Å². The van der Waals surface area contributed by atoms with Crippen molar-refractivity contribution >= 4 is 12.1 Å². The van der Waals surface area contributed by atoms with Gasteiger partial charge in [-0.3, -0.25) is 0 Å². The Hall–Kier alpha value is -2.24. The largest absolute Gasteiger partial charge is 0.487 e. The number of benzene rings is 1. The summed E-state index contributed by atoms with van der Waals surface area (Å²) in [7, 11) is 0. The number of esters is 1. The van der Waals surface area contributed by atoms with Crippen LogP contribution in [0.4, 0.5) is 4.79 Å². The first kappa shape index (κ1) is 20.8. The Labute approximate surface area is 149 Å². The lowest BCUT2D eigenvalue weighted by atomic mass is 10.1. The molecule has 0 aliphatic heterocycles. The fraction of sp³-hybridized carbons (Fsp3) is 0.579. The molecule has 1 aromatic carbocycles. The van der Waals surface area contributed by atoms with Gasteiger partial charge in [0.2, 0.25) is 0 Å². The second kappa shape index (κ2) is 9.30. The molecule has 140 valence electrons. The highest BCUT2D eigenvalue weighted by Gasteiger charge is 2.24. The number of hydrogen-bond donors (Lipinski definition) is 1. The molecule has 0 aliphatic rings. The smallest absolute Gasteiger partial charge is 0.408 e. The Morgan fingerprint density at radius 1 is 1.08 bits per heavy atom. The van der Waals surface area contributed by atoms with E-state index in [9.17, 15) is 9.59 Å². The standard InChI is InChI=1S/C19H29NO5/c1-13(2)16(24-15-10-8-7-9-11-15)12-23-17(21)14(3)20-18(22)25-19(4,5)6/h7-11,13-14,16H,12H2,1-6H3,(H,20,22). The molecule has 0 saturated carbocycles. The Bertz CT molecular complexity index is 551. The monoisotopic (exact) mass is 351 g/mol. The molecule has 0 heterocycles. The summed E-state index contributed by atoms with van der Waals surface area (Å²) in [5.74, 6) is 0.340. The Kier molecular flexibility index (Phi) is 7.74. The van der Waals surface area contributed by atoms with Crippen LogP contribution in [0.3, 0.4) is 0 Å². The first-order chi connectivity index (χ1) is 11.6. The lowest BCUT2D eigenvalue weighted by molar-refractivity contribution is -0.148. The molecule has 0 bridgehead atoms. The fourth-order valence-corrected chi connectivity index (χ4v) is 1.87. The minimum Gasteiger partial charge on any atom is -0.487 e. The van der Waals surface area contributed by atoms with Crippen molar-refractivity contribution in [3.05, 3.63) is 30.3 Å². The van der Waals surface area contributed by atoms with Crippen molar-refractivity contribution in [2.75, 3.05) is 6.61 Å². The van der Waals surface area contributed by atoms with Gasteiger partial charge in [-0.05, 0) is 45.7 Å². The van der Waals surface area contributed by atoms with Crippen LogP contribution in [0.25, 0.3) is 0 Å². The third-order valence-electron chi connectivity index (χ3n) is 3.25. The van der Waals surface area contributed by atoms with Crippen LogP contribution in [0.2, 0.25) is 0 Å². The summed E-state index contributed by atoms with van der Waals surface area (Å²) in [5, 5.41) is 2.46. The predicted molar refractivity (Wildman–Crippen MR) is 95.5 cm³/mol. The molecule has 0 saturated heterocycles. The first-order valence-corrected chi connectivity index (χ1v) is 8.46. The zero-order valence-electron chi connectivity index (χ0n) is 15.9. The number of nitrogens with one attached hydrogen (secondary N) is 1. The van der Waals surface area contributed by atoms with Gasteiger partial charge < -0.3 is 19.5 Å². The lowest BCUT2D eigenvalue weighted by Gasteiger charge is -2.24. The zero-order valence-corrected chi connectivity index (χ0v) is 15.9. The highest BCUT2D eigenvalue weighted by Crippen LogP contribution is 2.16. The zero-order chi connectivity index (χ0) is 19.0. The number of carbonyl (C=O) groups excluding carboxylic acids is 2. The molecule has 6 nitrogen and oxygen atoms in total.